The minimum absolute atomic E-state index is 0.235. The first-order valence-electron chi connectivity index (χ1n) is 8.27. The van der Waals surface area contributed by atoms with Gasteiger partial charge in [-0.15, -0.1) is 0 Å². The van der Waals surface area contributed by atoms with Crippen molar-refractivity contribution in [1.82, 2.24) is 19.4 Å². The molecule has 1 amide bonds. The van der Waals surface area contributed by atoms with Crippen molar-refractivity contribution in [2.45, 2.75) is 6.54 Å². The summed E-state index contributed by atoms with van der Waals surface area (Å²) < 4.78 is 29.1. The fourth-order valence-corrected chi connectivity index (χ4v) is 2.72. The van der Waals surface area contributed by atoms with Crippen LogP contribution in [0.4, 0.5) is 14.5 Å². The Labute approximate surface area is 156 Å². The molecular weight excluding hydrogens is 368 g/mol. The third-order valence-electron chi connectivity index (χ3n) is 4.06. The molecule has 140 valence electrons. The Morgan fingerprint density at radius 2 is 1.86 bits per heavy atom. The van der Waals surface area contributed by atoms with Crippen LogP contribution in [0.25, 0.3) is 16.8 Å². The lowest BCUT2D eigenvalue weighted by Gasteiger charge is -2.07. The van der Waals surface area contributed by atoms with Gasteiger partial charge in [0.1, 0.15) is 30.0 Å². The summed E-state index contributed by atoms with van der Waals surface area (Å²) in [5.41, 5.74) is 0.806. The Balaban J connectivity index is 1.60. The number of nitrogens with one attached hydrogen (secondary N) is 1. The number of anilines is 1. The fourth-order valence-electron chi connectivity index (χ4n) is 2.72. The summed E-state index contributed by atoms with van der Waals surface area (Å²) in [7, 11) is 0. The van der Waals surface area contributed by atoms with Gasteiger partial charge in [-0.25, -0.2) is 18.0 Å². The molecule has 1 N–H and O–H groups in total. The Hall–Kier alpha value is -3.88. The molecule has 0 saturated carbocycles. The number of carbonyl (C=O) groups is 1. The van der Waals surface area contributed by atoms with E-state index in [0.717, 1.165) is 28.4 Å². The molecule has 0 unspecified atom stereocenters. The smallest absolute Gasteiger partial charge is 0.293 e. The highest BCUT2D eigenvalue weighted by atomic mass is 19.1. The predicted octanol–water partition coefficient (Wildman–Crippen LogP) is 2.47. The average molecular weight is 381 g/mol. The molecule has 0 fully saturated rings. The van der Waals surface area contributed by atoms with Crippen LogP contribution in [-0.2, 0) is 11.3 Å². The second-order valence-electron chi connectivity index (χ2n) is 5.99. The minimum Gasteiger partial charge on any atom is -0.322 e. The first kappa shape index (κ1) is 17.5. The second-order valence-corrected chi connectivity index (χ2v) is 5.99. The van der Waals surface area contributed by atoms with Gasteiger partial charge in [0, 0.05) is 11.6 Å². The highest BCUT2D eigenvalue weighted by molar-refractivity contribution is 5.90. The van der Waals surface area contributed by atoms with E-state index in [0.29, 0.717) is 5.69 Å². The van der Waals surface area contributed by atoms with Gasteiger partial charge >= 0.3 is 0 Å². The Morgan fingerprint density at radius 1 is 1.07 bits per heavy atom. The van der Waals surface area contributed by atoms with E-state index in [9.17, 15) is 18.4 Å². The Morgan fingerprint density at radius 3 is 2.64 bits per heavy atom. The molecule has 0 aliphatic heterocycles. The van der Waals surface area contributed by atoms with E-state index in [2.05, 4.69) is 15.5 Å². The largest absolute Gasteiger partial charge is 0.322 e. The Kier molecular flexibility index (Phi) is 4.40. The molecule has 0 aliphatic carbocycles. The number of hydrogen-bond acceptors (Lipinski definition) is 4. The molecule has 4 rings (SSSR count). The van der Waals surface area contributed by atoms with Crippen molar-refractivity contribution in [3.8, 4) is 11.3 Å². The summed E-state index contributed by atoms with van der Waals surface area (Å²) in [4.78, 5) is 24.7. The van der Waals surface area contributed by atoms with Crippen LogP contribution in [0.15, 0.2) is 65.7 Å². The number of benzene rings is 2. The van der Waals surface area contributed by atoms with Gasteiger partial charge in [-0.1, -0.05) is 30.3 Å². The quantitative estimate of drug-likeness (QED) is 0.589. The number of carbonyl (C=O) groups excluding carboxylic acids is 1. The summed E-state index contributed by atoms with van der Waals surface area (Å²) in [6.45, 7) is -0.461. The monoisotopic (exact) mass is 381 g/mol. The summed E-state index contributed by atoms with van der Waals surface area (Å²) in [6.07, 6.45) is 1.30. The zero-order valence-electron chi connectivity index (χ0n) is 14.3. The third-order valence-corrected chi connectivity index (χ3v) is 4.06. The van der Waals surface area contributed by atoms with Crippen molar-refractivity contribution in [2.75, 3.05) is 5.32 Å². The van der Waals surface area contributed by atoms with Gasteiger partial charge in [-0.05, 0) is 18.2 Å². The molecule has 4 aromatic rings. The number of amides is 1. The van der Waals surface area contributed by atoms with Crippen LogP contribution in [0, 0.1) is 11.6 Å². The standard InChI is InChI=1S/C19H13F2N5O2/c20-13-6-7-14(21)16(8-13)23-18(27)10-25-19(28)17-9-15(24-26(17)11-22-25)12-4-2-1-3-5-12/h1-9,11H,10H2,(H,23,27). The lowest BCUT2D eigenvalue weighted by atomic mass is 10.1. The van der Waals surface area contributed by atoms with Gasteiger partial charge in [0.15, 0.2) is 0 Å². The van der Waals surface area contributed by atoms with Crippen LogP contribution in [0.2, 0.25) is 0 Å². The molecular formula is C19H13F2N5O2. The van der Waals surface area contributed by atoms with Gasteiger partial charge in [0.2, 0.25) is 5.91 Å². The van der Waals surface area contributed by atoms with Gasteiger partial charge in [0.25, 0.3) is 5.56 Å². The zero-order chi connectivity index (χ0) is 19.7. The normalized spacial score (nSPS) is 10.9. The zero-order valence-corrected chi connectivity index (χ0v) is 14.3. The molecule has 0 aliphatic rings. The summed E-state index contributed by atoms with van der Waals surface area (Å²) >= 11 is 0. The number of fused-ring (bicyclic) bond motifs is 1. The molecule has 2 heterocycles. The van der Waals surface area contributed by atoms with Crippen molar-refractivity contribution in [3.63, 3.8) is 0 Å². The van der Waals surface area contributed by atoms with Gasteiger partial charge in [-0.2, -0.15) is 10.2 Å². The molecule has 0 spiro atoms. The molecule has 9 heteroatoms. The fraction of sp³-hybridized carbons (Fsp3) is 0.0526. The van der Waals surface area contributed by atoms with Crippen LogP contribution in [0.3, 0.4) is 0 Å². The maximum absolute atomic E-state index is 13.6. The topological polar surface area (TPSA) is 81.3 Å². The first-order chi connectivity index (χ1) is 13.5. The van der Waals surface area contributed by atoms with Gasteiger partial charge in [0.05, 0.1) is 11.4 Å². The van der Waals surface area contributed by atoms with Gasteiger partial charge in [-0.3, -0.25) is 9.59 Å². The van der Waals surface area contributed by atoms with E-state index in [-0.39, 0.29) is 11.2 Å². The second kappa shape index (κ2) is 7.03. The van der Waals surface area contributed by atoms with Crippen LogP contribution in [0.5, 0.6) is 0 Å². The molecule has 0 atom stereocenters. The van der Waals surface area contributed by atoms with E-state index in [1.165, 1.54) is 10.8 Å². The maximum Gasteiger partial charge on any atom is 0.293 e. The molecule has 7 nitrogen and oxygen atoms in total. The minimum atomic E-state index is -0.784. The van der Waals surface area contributed by atoms with Crippen molar-refractivity contribution in [2.24, 2.45) is 0 Å². The number of rotatable bonds is 4. The first-order valence-corrected chi connectivity index (χ1v) is 8.27. The van der Waals surface area contributed by atoms with Crippen molar-refractivity contribution < 1.29 is 13.6 Å². The number of nitrogens with zero attached hydrogens (tertiary/aromatic N) is 4. The average Bonchev–Trinajstić information content (AvgIpc) is 3.13. The molecule has 2 aromatic carbocycles. The van der Waals surface area contributed by atoms with Crippen LogP contribution >= 0.6 is 0 Å². The van der Waals surface area contributed by atoms with Crippen molar-refractivity contribution in [1.29, 1.82) is 0 Å². The van der Waals surface area contributed by atoms with Gasteiger partial charge < -0.3 is 5.32 Å². The van der Waals surface area contributed by atoms with Crippen molar-refractivity contribution >= 4 is 17.1 Å². The molecule has 0 bridgehead atoms. The predicted molar refractivity (Wildman–Crippen MR) is 97.7 cm³/mol. The SMILES string of the molecule is O=C(Cn1ncn2nc(-c3ccccc3)cc2c1=O)Nc1cc(F)ccc1F. The highest BCUT2D eigenvalue weighted by Crippen LogP contribution is 2.17. The summed E-state index contributed by atoms with van der Waals surface area (Å²) in [5.74, 6) is -2.19. The van der Waals surface area contributed by atoms with Crippen LogP contribution in [-0.4, -0.2) is 25.3 Å². The van der Waals surface area contributed by atoms with Crippen molar-refractivity contribution in [3.05, 3.63) is 82.9 Å². The van der Waals surface area contributed by atoms with E-state index < -0.39 is 29.6 Å². The molecule has 0 saturated heterocycles. The van der Waals surface area contributed by atoms with E-state index >= 15 is 0 Å². The number of aromatic nitrogens is 4. The van der Waals surface area contributed by atoms with Crippen LogP contribution < -0.4 is 10.9 Å². The Bertz CT molecular complexity index is 1230. The lowest BCUT2D eigenvalue weighted by Crippen LogP contribution is -2.30. The highest BCUT2D eigenvalue weighted by Gasteiger charge is 2.14. The molecule has 2 aromatic heterocycles. The number of hydrogen-bond donors (Lipinski definition) is 1. The summed E-state index contributed by atoms with van der Waals surface area (Å²) in [5, 5.41) is 10.4. The van der Waals surface area contributed by atoms with E-state index in [1.54, 1.807) is 6.07 Å². The van der Waals surface area contributed by atoms with E-state index in [1.807, 2.05) is 30.3 Å². The summed E-state index contributed by atoms with van der Waals surface area (Å²) in [6, 6.07) is 13.6. The molecule has 28 heavy (non-hydrogen) atoms. The number of halogens is 2. The molecule has 0 radical (unpaired) electrons. The van der Waals surface area contributed by atoms with E-state index in [4.69, 9.17) is 0 Å². The van der Waals surface area contributed by atoms with Crippen LogP contribution in [0.1, 0.15) is 0 Å². The lowest BCUT2D eigenvalue weighted by molar-refractivity contribution is -0.117. The third kappa shape index (κ3) is 3.37. The maximum atomic E-state index is 13.6.